The van der Waals surface area contributed by atoms with E-state index in [9.17, 15) is 0 Å². The maximum absolute atomic E-state index is 6.29. The summed E-state index contributed by atoms with van der Waals surface area (Å²) >= 11 is 6.29. The van der Waals surface area contributed by atoms with Crippen molar-refractivity contribution in [3.05, 3.63) is 29.2 Å². The van der Waals surface area contributed by atoms with Crippen LogP contribution in [-0.2, 0) is 0 Å². The van der Waals surface area contributed by atoms with Crippen LogP contribution >= 0.6 is 24.0 Å². The Bertz CT molecular complexity index is 505. The zero-order valence-corrected chi connectivity index (χ0v) is 10.8. The summed E-state index contributed by atoms with van der Waals surface area (Å²) < 4.78 is 1.79. The lowest BCUT2D eigenvalue weighted by Gasteiger charge is -2.23. The van der Waals surface area contributed by atoms with Crippen LogP contribution in [0.15, 0.2) is 18.6 Å². The van der Waals surface area contributed by atoms with Gasteiger partial charge in [0.15, 0.2) is 5.65 Å². The van der Waals surface area contributed by atoms with Gasteiger partial charge in [0, 0.05) is 17.3 Å². The molecule has 2 aromatic heterocycles. The first-order valence-corrected chi connectivity index (χ1v) is 5.92. The first-order chi connectivity index (χ1) is 7.84. The van der Waals surface area contributed by atoms with Crippen LogP contribution in [0, 0.1) is 0 Å². The number of rotatable bonds is 1. The highest BCUT2D eigenvalue weighted by molar-refractivity contribution is 6.31. The monoisotopic (exact) mass is 272 g/mol. The number of nitrogens with one attached hydrogen (secondary N) is 1. The number of piperidine rings is 1. The van der Waals surface area contributed by atoms with Crippen LogP contribution in [0.5, 0.6) is 0 Å². The van der Waals surface area contributed by atoms with E-state index >= 15 is 0 Å². The molecule has 17 heavy (non-hydrogen) atoms. The minimum Gasteiger partial charge on any atom is -0.317 e. The smallest absolute Gasteiger partial charge is 0.156 e. The summed E-state index contributed by atoms with van der Waals surface area (Å²) in [6, 6.07) is 1.89. The second kappa shape index (κ2) is 5.21. The van der Waals surface area contributed by atoms with Gasteiger partial charge in [-0.3, -0.25) is 0 Å². The Morgan fingerprint density at radius 1 is 1.35 bits per heavy atom. The van der Waals surface area contributed by atoms with Gasteiger partial charge in [-0.15, -0.1) is 12.4 Å². The lowest BCUT2D eigenvalue weighted by atomic mass is 9.91. The number of hydrogen-bond acceptors (Lipinski definition) is 3. The quantitative estimate of drug-likeness (QED) is 0.866. The molecule has 1 fully saturated rings. The molecule has 0 aromatic carbocycles. The molecule has 6 heteroatoms. The van der Waals surface area contributed by atoms with Gasteiger partial charge in [-0.1, -0.05) is 11.6 Å². The van der Waals surface area contributed by atoms with Gasteiger partial charge in [-0.25, -0.2) is 9.50 Å². The summed E-state index contributed by atoms with van der Waals surface area (Å²) in [6.07, 6.45) is 5.85. The van der Waals surface area contributed by atoms with Crippen molar-refractivity contribution in [2.75, 3.05) is 13.1 Å². The molecule has 1 aliphatic heterocycles. The zero-order chi connectivity index (χ0) is 11.0. The normalized spacial score (nSPS) is 17.0. The third-order valence-corrected chi connectivity index (χ3v) is 3.50. The van der Waals surface area contributed by atoms with Crippen molar-refractivity contribution in [2.45, 2.75) is 18.8 Å². The molecule has 1 saturated heterocycles. The van der Waals surface area contributed by atoms with Crippen LogP contribution in [0.3, 0.4) is 0 Å². The standard InChI is InChI=1S/C11H13ClN4.ClH/c12-10-5-11-14-7-15-16(11)6-9(10)8-1-3-13-4-2-8;/h5-8,13H,1-4H2;1H. The molecule has 92 valence electrons. The van der Waals surface area contributed by atoms with Crippen LogP contribution in [0.25, 0.3) is 5.65 Å². The zero-order valence-electron chi connectivity index (χ0n) is 9.27. The van der Waals surface area contributed by atoms with Crippen molar-refractivity contribution < 1.29 is 0 Å². The van der Waals surface area contributed by atoms with E-state index in [1.165, 1.54) is 5.56 Å². The van der Waals surface area contributed by atoms with E-state index in [0.717, 1.165) is 36.6 Å². The summed E-state index contributed by atoms with van der Waals surface area (Å²) in [4.78, 5) is 4.12. The molecule has 0 unspecified atom stereocenters. The second-order valence-corrected chi connectivity index (χ2v) is 4.57. The van der Waals surface area contributed by atoms with Crippen molar-refractivity contribution >= 4 is 29.7 Å². The fourth-order valence-corrected chi connectivity index (χ4v) is 2.59. The van der Waals surface area contributed by atoms with E-state index in [1.807, 2.05) is 12.3 Å². The summed E-state index contributed by atoms with van der Waals surface area (Å²) in [7, 11) is 0. The second-order valence-electron chi connectivity index (χ2n) is 4.16. The summed E-state index contributed by atoms with van der Waals surface area (Å²) in [5.74, 6) is 0.544. The molecule has 0 amide bonds. The van der Waals surface area contributed by atoms with Crippen LogP contribution < -0.4 is 5.32 Å². The van der Waals surface area contributed by atoms with E-state index in [1.54, 1.807) is 10.8 Å². The van der Waals surface area contributed by atoms with Crippen molar-refractivity contribution in [3.8, 4) is 0 Å². The average molecular weight is 273 g/mol. The van der Waals surface area contributed by atoms with E-state index in [2.05, 4.69) is 15.4 Å². The Balaban J connectivity index is 0.00000108. The number of fused-ring (bicyclic) bond motifs is 1. The van der Waals surface area contributed by atoms with E-state index < -0.39 is 0 Å². The Kier molecular flexibility index (Phi) is 3.86. The number of pyridine rings is 1. The predicted octanol–water partition coefficient (Wildman–Crippen LogP) is 2.27. The molecule has 1 N–H and O–H groups in total. The van der Waals surface area contributed by atoms with Crippen LogP contribution in [0.4, 0.5) is 0 Å². The molecule has 0 atom stereocenters. The van der Waals surface area contributed by atoms with Gasteiger partial charge in [0.25, 0.3) is 0 Å². The highest BCUT2D eigenvalue weighted by Gasteiger charge is 2.18. The molecule has 1 aliphatic rings. The summed E-state index contributed by atoms with van der Waals surface area (Å²) in [5.41, 5.74) is 2.00. The lowest BCUT2D eigenvalue weighted by molar-refractivity contribution is 0.459. The molecule has 3 rings (SSSR count). The number of nitrogens with zero attached hydrogens (tertiary/aromatic N) is 3. The van der Waals surface area contributed by atoms with E-state index in [-0.39, 0.29) is 12.4 Å². The molecule has 0 bridgehead atoms. The number of hydrogen-bond donors (Lipinski definition) is 1. The molecule has 3 heterocycles. The third-order valence-electron chi connectivity index (χ3n) is 3.17. The maximum atomic E-state index is 6.29. The SMILES string of the molecule is Cl.Clc1cc2ncnn2cc1C1CCNCC1. The predicted molar refractivity (Wildman–Crippen MR) is 70.1 cm³/mol. The van der Waals surface area contributed by atoms with Crippen molar-refractivity contribution in [2.24, 2.45) is 0 Å². The Hall–Kier alpha value is -0.840. The molecule has 4 nitrogen and oxygen atoms in total. The van der Waals surface area contributed by atoms with Gasteiger partial charge in [0.2, 0.25) is 0 Å². The highest BCUT2D eigenvalue weighted by Crippen LogP contribution is 2.31. The van der Waals surface area contributed by atoms with Crippen LogP contribution in [-0.4, -0.2) is 27.7 Å². The van der Waals surface area contributed by atoms with Crippen LogP contribution in [0.2, 0.25) is 5.02 Å². The first-order valence-electron chi connectivity index (χ1n) is 5.54. The molecule has 0 aliphatic carbocycles. The summed E-state index contributed by atoms with van der Waals surface area (Å²) in [6.45, 7) is 2.13. The van der Waals surface area contributed by atoms with Crippen molar-refractivity contribution in [1.82, 2.24) is 19.9 Å². The molecule has 0 saturated carbocycles. The molecular formula is C11H14Cl2N4. The number of halogens is 2. The third kappa shape index (κ3) is 2.39. The maximum Gasteiger partial charge on any atom is 0.156 e. The highest BCUT2D eigenvalue weighted by atomic mass is 35.5. The van der Waals surface area contributed by atoms with Crippen LogP contribution in [0.1, 0.15) is 24.3 Å². The van der Waals surface area contributed by atoms with E-state index in [4.69, 9.17) is 11.6 Å². The van der Waals surface area contributed by atoms with E-state index in [0.29, 0.717) is 5.92 Å². The summed E-state index contributed by atoms with van der Waals surface area (Å²) in [5, 5.41) is 8.32. The minimum absolute atomic E-state index is 0. The molecule has 0 spiro atoms. The minimum atomic E-state index is 0. The Labute approximate surface area is 111 Å². The fraction of sp³-hybridized carbons (Fsp3) is 0.455. The topological polar surface area (TPSA) is 42.2 Å². The molecule has 2 aromatic rings. The Morgan fingerprint density at radius 2 is 2.12 bits per heavy atom. The largest absolute Gasteiger partial charge is 0.317 e. The van der Waals surface area contributed by atoms with Gasteiger partial charge in [0.05, 0.1) is 0 Å². The molecular weight excluding hydrogens is 259 g/mol. The van der Waals surface area contributed by atoms with Gasteiger partial charge >= 0.3 is 0 Å². The first kappa shape index (κ1) is 12.6. The van der Waals surface area contributed by atoms with Crippen molar-refractivity contribution in [1.29, 1.82) is 0 Å². The fourth-order valence-electron chi connectivity index (χ4n) is 2.29. The van der Waals surface area contributed by atoms with Gasteiger partial charge in [-0.05, 0) is 37.4 Å². The van der Waals surface area contributed by atoms with Gasteiger partial charge < -0.3 is 5.32 Å². The van der Waals surface area contributed by atoms with Gasteiger partial charge in [0.1, 0.15) is 6.33 Å². The lowest BCUT2D eigenvalue weighted by Crippen LogP contribution is -2.26. The molecule has 0 radical (unpaired) electrons. The average Bonchev–Trinajstić information content (AvgIpc) is 2.76. The Morgan fingerprint density at radius 3 is 2.88 bits per heavy atom. The van der Waals surface area contributed by atoms with Crippen molar-refractivity contribution in [3.63, 3.8) is 0 Å². The number of aromatic nitrogens is 3. The van der Waals surface area contributed by atoms with Gasteiger partial charge in [-0.2, -0.15) is 5.10 Å².